The molecule has 0 bridgehead atoms. The van der Waals surface area contributed by atoms with E-state index in [1.54, 1.807) is 12.3 Å². The third kappa shape index (κ3) is 4.18. The van der Waals surface area contributed by atoms with Gasteiger partial charge < -0.3 is 5.11 Å². The first-order chi connectivity index (χ1) is 9.15. The average molecular weight is 264 g/mol. The summed E-state index contributed by atoms with van der Waals surface area (Å²) in [7, 11) is 0. The van der Waals surface area contributed by atoms with Crippen molar-refractivity contribution < 1.29 is 9.90 Å². The van der Waals surface area contributed by atoms with E-state index in [1.807, 2.05) is 24.0 Å². The number of rotatable bonds is 4. The fraction of sp³-hybridized carbons (Fsp3) is 0.538. The molecule has 3 N–H and O–H groups in total. The lowest BCUT2D eigenvalue weighted by atomic mass is 9.97. The van der Waals surface area contributed by atoms with Gasteiger partial charge >= 0.3 is 0 Å². The lowest BCUT2D eigenvalue weighted by molar-refractivity contribution is -0.122. The van der Waals surface area contributed by atoms with E-state index in [1.165, 1.54) is 0 Å². The molecule has 1 aromatic heterocycles. The number of hydrogen-bond acceptors (Lipinski definition) is 5. The van der Waals surface area contributed by atoms with Crippen molar-refractivity contribution in [2.45, 2.75) is 19.4 Å². The van der Waals surface area contributed by atoms with Crippen LogP contribution >= 0.6 is 0 Å². The quantitative estimate of drug-likeness (QED) is 0.679. The molecule has 2 rings (SSSR count). The van der Waals surface area contributed by atoms with Crippen molar-refractivity contribution in [3.05, 3.63) is 24.4 Å². The predicted octanol–water partition coefficient (Wildman–Crippen LogP) is 0.227. The molecule has 0 saturated carbocycles. The second-order valence-electron chi connectivity index (χ2n) is 4.96. The summed E-state index contributed by atoms with van der Waals surface area (Å²) in [5.41, 5.74) is 5.38. The average Bonchev–Trinajstić information content (AvgIpc) is 2.42. The fourth-order valence-electron chi connectivity index (χ4n) is 2.18. The topological polar surface area (TPSA) is 77.5 Å². The molecule has 104 valence electrons. The van der Waals surface area contributed by atoms with Crippen LogP contribution < -0.4 is 10.9 Å². The number of hydrazine groups is 1. The number of pyridine rings is 1. The second-order valence-corrected chi connectivity index (χ2v) is 4.96. The Morgan fingerprint density at radius 2 is 2.42 bits per heavy atom. The third-order valence-corrected chi connectivity index (χ3v) is 3.31. The minimum atomic E-state index is -0.244. The summed E-state index contributed by atoms with van der Waals surface area (Å²) in [5.74, 6) is 0.720. The van der Waals surface area contributed by atoms with Crippen LogP contribution in [0.2, 0.25) is 0 Å². The zero-order valence-corrected chi connectivity index (χ0v) is 11.0. The van der Waals surface area contributed by atoms with E-state index in [9.17, 15) is 9.90 Å². The first-order valence-corrected chi connectivity index (χ1v) is 6.51. The number of carbonyl (C=O) groups excluding carboxylic acids is 1. The zero-order chi connectivity index (χ0) is 13.7. The molecule has 2 atom stereocenters. The maximum Gasteiger partial charge on any atom is 0.252 e. The second kappa shape index (κ2) is 6.49. The standard InChI is InChI=1S/C13H20N4O2/c1-10-8-17(7-5-11(10)18)9-13(19)16-15-12-4-2-3-6-14-12/h2-4,6,10-11,18H,5,7-9H2,1H3,(H,14,15)(H,16,19). The van der Waals surface area contributed by atoms with Gasteiger partial charge in [-0.05, 0) is 24.5 Å². The largest absolute Gasteiger partial charge is 0.393 e. The molecule has 2 unspecified atom stereocenters. The number of nitrogens with one attached hydrogen (secondary N) is 2. The molecule has 1 aliphatic rings. The first kappa shape index (κ1) is 13.8. The number of aliphatic hydroxyl groups excluding tert-OH is 1. The van der Waals surface area contributed by atoms with Gasteiger partial charge in [0.05, 0.1) is 12.6 Å². The van der Waals surface area contributed by atoms with Crippen molar-refractivity contribution in [3.63, 3.8) is 0 Å². The fourth-order valence-corrected chi connectivity index (χ4v) is 2.18. The number of amides is 1. The highest BCUT2D eigenvalue weighted by atomic mass is 16.3. The van der Waals surface area contributed by atoms with Crippen LogP contribution in [0.15, 0.2) is 24.4 Å². The van der Waals surface area contributed by atoms with Crippen molar-refractivity contribution >= 4 is 11.7 Å². The van der Waals surface area contributed by atoms with Gasteiger partial charge in [0.2, 0.25) is 0 Å². The summed E-state index contributed by atoms with van der Waals surface area (Å²) in [5, 5.41) is 9.63. The van der Waals surface area contributed by atoms with Crippen LogP contribution in [0.1, 0.15) is 13.3 Å². The van der Waals surface area contributed by atoms with Gasteiger partial charge in [-0.1, -0.05) is 13.0 Å². The molecule has 6 heteroatoms. The Labute approximate surface area is 112 Å². The number of aliphatic hydroxyl groups is 1. The molecule has 0 radical (unpaired) electrons. The first-order valence-electron chi connectivity index (χ1n) is 6.51. The van der Waals surface area contributed by atoms with Crippen LogP contribution in [-0.2, 0) is 4.79 Å². The van der Waals surface area contributed by atoms with Gasteiger partial charge in [-0.15, -0.1) is 0 Å². The molecule has 1 amide bonds. The molecule has 1 aliphatic heterocycles. The Balaban J connectivity index is 1.73. The van der Waals surface area contributed by atoms with Crippen molar-refractivity contribution in [2.24, 2.45) is 5.92 Å². The molecule has 19 heavy (non-hydrogen) atoms. The van der Waals surface area contributed by atoms with Crippen LogP contribution in [0.4, 0.5) is 5.82 Å². The van der Waals surface area contributed by atoms with Crippen LogP contribution in [-0.4, -0.2) is 46.6 Å². The molecule has 6 nitrogen and oxygen atoms in total. The molecular weight excluding hydrogens is 244 g/mol. The van der Waals surface area contributed by atoms with Crippen molar-refractivity contribution in [1.29, 1.82) is 0 Å². The summed E-state index contributed by atoms with van der Waals surface area (Å²) < 4.78 is 0. The Hall–Kier alpha value is -1.66. The van der Waals surface area contributed by atoms with Gasteiger partial charge in [0.25, 0.3) is 5.91 Å². The maximum atomic E-state index is 11.8. The highest BCUT2D eigenvalue weighted by Crippen LogP contribution is 2.15. The predicted molar refractivity (Wildman–Crippen MR) is 72.2 cm³/mol. The minimum absolute atomic E-state index is 0.103. The number of piperidine rings is 1. The van der Waals surface area contributed by atoms with Crippen LogP contribution in [0.25, 0.3) is 0 Å². The van der Waals surface area contributed by atoms with E-state index < -0.39 is 0 Å². The van der Waals surface area contributed by atoms with E-state index in [2.05, 4.69) is 15.8 Å². The smallest absolute Gasteiger partial charge is 0.252 e. The van der Waals surface area contributed by atoms with E-state index >= 15 is 0 Å². The van der Waals surface area contributed by atoms with Gasteiger partial charge in [0, 0.05) is 19.3 Å². The minimum Gasteiger partial charge on any atom is -0.393 e. The number of anilines is 1. The summed E-state index contributed by atoms with van der Waals surface area (Å²) >= 11 is 0. The zero-order valence-electron chi connectivity index (χ0n) is 11.0. The maximum absolute atomic E-state index is 11.8. The van der Waals surface area contributed by atoms with Crippen molar-refractivity contribution in [3.8, 4) is 0 Å². The molecule has 0 aliphatic carbocycles. The lowest BCUT2D eigenvalue weighted by Gasteiger charge is -2.33. The van der Waals surface area contributed by atoms with Crippen molar-refractivity contribution in [1.82, 2.24) is 15.3 Å². The van der Waals surface area contributed by atoms with Crippen molar-refractivity contribution in [2.75, 3.05) is 25.1 Å². The van der Waals surface area contributed by atoms with Gasteiger partial charge in [-0.2, -0.15) is 0 Å². The SMILES string of the molecule is CC1CN(CC(=O)NNc2ccccn2)CCC1O. The monoisotopic (exact) mass is 264 g/mol. The molecule has 1 saturated heterocycles. The van der Waals surface area contributed by atoms with E-state index in [0.717, 1.165) is 19.5 Å². The number of aromatic nitrogens is 1. The Morgan fingerprint density at radius 3 is 3.11 bits per heavy atom. The normalized spacial score (nSPS) is 23.9. The highest BCUT2D eigenvalue weighted by molar-refractivity contribution is 5.79. The number of likely N-dealkylation sites (tertiary alicyclic amines) is 1. The lowest BCUT2D eigenvalue weighted by Crippen LogP contribution is -2.47. The Bertz CT molecular complexity index is 412. The van der Waals surface area contributed by atoms with Gasteiger partial charge in [0.15, 0.2) is 0 Å². The van der Waals surface area contributed by atoms with Gasteiger partial charge in [-0.25, -0.2) is 4.98 Å². The van der Waals surface area contributed by atoms with Crippen LogP contribution in [0.5, 0.6) is 0 Å². The van der Waals surface area contributed by atoms with E-state index in [-0.39, 0.29) is 17.9 Å². The molecule has 1 fully saturated rings. The van der Waals surface area contributed by atoms with Crippen LogP contribution in [0, 0.1) is 5.92 Å². The molecule has 2 heterocycles. The Morgan fingerprint density at radius 1 is 1.58 bits per heavy atom. The number of hydrogen-bond donors (Lipinski definition) is 3. The van der Waals surface area contributed by atoms with E-state index in [4.69, 9.17) is 0 Å². The van der Waals surface area contributed by atoms with Gasteiger partial charge in [-0.3, -0.25) is 20.5 Å². The van der Waals surface area contributed by atoms with E-state index in [0.29, 0.717) is 12.4 Å². The molecule has 0 spiro atoms. The van der Waals surface area contributed by atoms with Gasteiger partial charge in [0.1, 0.15) is 5.82 Å². The number of nitrogens with zero attached hydrogens (tertiary/aromatic N) is 2. The Kier molecular flexibility index (Phi) is 4.70. The molecule has 0 aromatic carbocycles. The summed E-state index contributed by atoms with van der Waals surface area (Å²) in [6.07, 6.45) is 2.13. The molecular formula is C13H20N4O2. The summed E-state index contributed by atoms with van der Waals surface area (Å²) in [4.78, 5) is 17.9. The molecule has 1 aromatic rings. The third-order valence-electron chi connectivity index (χ3n) is 3.31. The number of carbonyl (C=O) groups is 1. The summed E-state index contributed by atoms with van der Waals surface area (Å²) in [6, 6.07) is 5.43. The van der Waals surface area contributed by atoms with Crippen LogP contribution in [0.3, 0.4) is 0 Å². The highest BCUT2D eigenvalue weighted by Gasteiger charge is 2.25. The summed E-state index contributed by atoms with van der Waals surface area (Å²) in [6.45, 7) is 3.83.